The van der Waals surface area contributed by atoms with Crippen LogP contribution in [0.3, 0.4) is 0 Å². The van der Waals surface area contributed by atoms with E-state index in [1.165, 1.54) is 5.56 Å². The van der Waals surface area contributed by atoms with Crippen molar-refractivity contribution in [3.63, 3.8) is 0 Å². The van der Waals surface area contributed by atoms with Crippen molar-refractivity contribution >= 4 is 11.6 Å². The van der Waals surface area contributed by atoms with Crippen molar-refractivity contribution in [1.29, 1.82) is 0 Å². The summed E-state index contributed by atoms with van der Waals surface area (Å²) in [6, 6.07) is 14.2. The molecule has 0 spiro atoms. The summed E-state index contributed by atoms with van der Waals surface area (Å²) in [5.74, 6) is 0.898. The quantitative estimate of drug-likeness (QED) is 0.912. The Labute approximate surface area is 119 Å². The smallest absolute Gasteiger partial charge is 0.124 e. The molecule has 0 saturated carbocycles. The van der Waals surface area contributed by atoms with Crippen molar-refractivity contribution < 1.29 is 4.74 Å². The highest BCUT2D eigenvalue weighted by molar-refractivity contribution is 6.30. The van der Waals surface area contributed by atoms with Gasteiger partial charge < -0.3 is 10.1 Å². The molecule has 100 valence electrons. The minimum atomic E-state index is 0.0906. The maximum atomic E-state index is 5.94. The van der Waals surface area contributed by atoms with Gasteiger partial charge in [0, 0.05) is 10.6 Å². The molecule has 0 heterocycles. The molecule has 2 nitrogen and oxygen atoms in total. The first-order valence-electron chi connectivity index (χ1n) is 6.23. The van der Waals surface area contributed by atoms with Gasteiger partial charge in [-0.3, -0.25) is 0 Å². The molecule has 19 heavy (non-hydrogen) atoms. The molecule has 0 bridgehead atoms. The lowest BCUT2D eigenvalue weighted by atomic mass is 9.97. The summed E-state index contributed by atoms with van der Waals surface area (Å²) < 4.78 is 5.49. The monoisotopic (exact) mass is 275 g/mol. The van der Waals surface area contributed by atoms with Gasteiger partial charge in [-0.1, -0.05) is 35.9 Å². The molecular formula is C16H18ClNO. The summed E-state index contributed by atoms with van der Waals surface area (Å²) in [5, 5.41) is 4.07. The van der Waals surface area contributed by atoms with E-state index in [-0.39, 0.29) is 6.04 Å². The van der Waals surface area contributed by atoms with Gasteiger partial charge >= 0.3 is 0 Å². The summed E-state index contributed by atoms with van der Waals surface area (Å²) >= 11 is 5.94. The van der Waals surface area contributed by atoms with Gasteiger partial charge in [0.25, 0.3) is 0 Å². The minimum Gasteiger partial charge on any atom is -0.496 e. The number of halogens is 1. The SMILES string of the molecule is CNC(c1ccc(Cl)cc1)c1ccc(C)cc1OC. The van der Waals surface area contributed by atoms with E-state index >= 15 is 0 Å². The number of ether oxygens (including phenoxy) is 1. The molecule has 2 rings (SSSR count). The summed E-state index contributed by atoms with van der Waals surface area (Å²) in [6.45, 7) is 2.06. The molecule has 0 aliphatic heterocycles. The van der Waals surface area contributed by atoms with Gasteiger partial charge in [-0.2, -0.15) is 0 Å². The van der Waals surface area contributed by atoms with Crippen LogP contribution in [-0.4, -0.2) is 14.2 Å². The fourth-order valence-corrected chi connectivity index (χ4v) is 2.34. The van der Waals surface area contributed by atoms with Crippen molar-refractivity contribution in [3.8, 4) is 5.75 Å². The van der Waals surface area contributed by atoms with Crippen LogP contribution in [0.4, 0.5) is 0 Å². The Bertz CT molecular complexity index is 551. The zero-order valence-electron chi connectivity index (χ0n) is 11.4. The second-order valence-electron chi connectivity index (χ2n) is 4.52. The first kappa shape index (κ1) is 13.9. The predicted molar refractivity (Wildman–Crippen MR) is 80.1 cm³/mol. The summed E-state index contributed by atoms with van der Waals surface area (Å²) in [7, 11) is 3.64. The highest BCUT2D eigenvalue weighted by Crippen LogP contribution is 2.31. The zero-order valence-corrected chi connectivity index (χ0v) is 12.2. The third-order valence-electron chi connectivity index (χ3n) is 3.19. The van der Waals surface area contributed by atoms with Crippen LogP contribution in [0.5, 0.6) is 5.75 Å². The van der Waals surface area contributed by atoms with Gasteiger partial charge in [0.05, 0.1) is 13.2 Å². The maximum absolute atomic E-state index is 5.94. The van der Waals surface area contributed by atoms with Crippen LogP contribution in [0.2, 0.25) is 5.02 Å². The van der Waals surface area contributed by atoms with Gasteiger partial charge in [-0.15, -0.1) is 0 Å². The van der Waals surface area contributed by atoms with Gasteiger partial charge in [-0.25, -0.2) is 0 Å². The third-order valence-corrected chi connectivity index (χ3v) is 3.44. The first-order chi connectivity index (χ1) is 9.15. The van der Waals surface area contributed by atoms with Crippen LogP contribution < -0.4 is 10.1 Å². The van der Waals surface area contributed by atoms with E-state index in [0.29, 0.717) is 0 Å². The predicted octanol–water partition coefficient (Wildman–Crippen LogP) is 3.97. The molecule has 0 aromatic heterocycles. The van der Waals surface area contributed by atoms with Gasteiger partial charge in [-0.05, 0) is 43.3 Å². The summed E-state index contributed by atoms with van der Waals surface area (Å²) in [5.41, 5.74) is 3.47. The topological polar surface area (TPSA) is 21.3 Å². The van der Waals surface area contributed by atoms with E-state index in [0.717, 1.165) is 21.9 Å². The van der Waals surface area contributed by atoms with Crippen LogP contribution >= 0.6 is 11.6 Å². The van der Waals surface area contributed by atoms with Crippen LogP contribution in [0.15, 0.2) is 42.5 Å². The Kier molecular flexibility index (Phi) is 4.46. The lowest BCUT2D eigenvalue weighted by Crippen LogP contribution is -2.18. The highest BCUT2D eigenvalue weighted by Gasteiger charge is 2.16. The molecule has 0 radical (unpaired) electrons. The number of methoxy groups -OCH3 is 1. The molecule has 1 atom stereocenters. The Morgan fingerprint density at radius 1 is 1.11 bits per heavy atom. The molecular weight excluding hydrogens is 258 g/mol. The van der Waals surface area contributed by atoms with Gasteiger partial charge in [0.1, 0.15) is 5.75 Å². The van der Waals surface area contributed by atoms with Crippen molar-refractivity contribution in [3.05, 3.63) is 64.2 Å². The van der Waals surface area contributed by atoms with Gasteiger partial charge in [0.15, 0.2) is 0 Å². The fraction of sp³-hybridized carbons (Fsp3) is 0.250. The molecule has 0 aliphatic carbocycles. The molecule has 0 aliphatic rings. The van der Waals surface area contributed by atoms with E-state index in [2.05, 4.69) is 30.4 Å². The molecule has 3 heteroatoms. The summed E-state index contributed by atoms with van der Waals surface area (Å²) in [4.78, 5) is 0. The van der Waals surface area contributed by atoms with Crippen LogP contribution in [-0.2, 0) is 0 Å². The van der Waals surface area contributed by atoms with Crippen LogP contribution in [0.1, 0.15) is 22.7 Å². The van der Waals surface area contributed by atoms with E-state index in [9.17, 15) is 0 Å². The third kappa shape index (κ3) is 3.09. The number of hydrogen-bond acceptors (Lipinski definition) is 2. The fourth-order valence-electron chi connectivity index (χ4n) is 2.21. The molecule has 2 aromatic carbocycles. The zero-order chi connectivity index (χ0) is 13.8. The first-order valence-corrected chi connectivity index (χ1v) is 6.60. The molecule has 1 unspecified atom stereocenters. The van der Waals surface area contributed by atoms with E-state index in [1.807, 2.05) is 31.3 Å². The number of rotatable bonds is 4. The Morgan fingerprint density at radius 3 is 2.37 bits per heavy atom. The van der Waals surface area contributed by atoms with E-state index in [4.69, 9.17) is 16.3 Å². The maximum Gasteiger partial charge on any atom is 0.124 e. The number of nitrogens with one attached hydrogen (secondary N) is 1. The number of benzene rings is 2. The van der Waals surface area contributed by atoms with Gasteiger partial charge in [0.2, 0.25) is 0 Å². The Hall–Kier alpha value is -1.51. The summed E-state index contributed by atoms with van der Waals surface area (Å²) in [6.07, 6.45) is 0. The standard InChI is InChI=1S/C16H18ClNO/c1-11-4-9-14(15(10-11)19-3)16(18-2)12-5-7-13(17)8-6-12/h4-10,16,18H,1-3H3. The number of aryl methyl sites for hydroxylation is 1. The average Bonchev–Trinajstić information content (AvgIpc) is 2.43. The molecule has 0 fully saturated rings. The Balaban J connectivity index is 2.44. The molecule has 0 amide bonds. The van der Waals surface area contributed by atoms with Crippen LogP contribution in [0.25, 0.3) is 0 Å². The molecule has 2 aromatic rings. The van der Waals surface area contributed by atoms with Crippen LogP contribution in [0, 0.1) is 6.92 Å². The largest absolute Gasteiger partial charge is 0.496 e. The van der Waals surface area contributed by atoms with Crippen molar-refractivity contribution in [2.24, 2.45) is 0 Å². The minimum absolute atomic E-state index is 0.0906. The van der Waals surface area contributed by atoms with Crippen molar-refractivity contribution in [2.75, 3.05) is 14.2 Å². The number of hydrogen-bond donors (Lipinski definition) is 1. The normalized spacial score (nSPS) is 12.2. The van der Waals surface area contributed by atoms with E-state index in [1.54, 1.807) is 7.11 Å². The average molecular weight is 276 g/mol. The lowest BCUT2D eigenvalue weighted by molar-refractivity contribution is 0.405. The molecule has 0 saturated heterocycles. The lowest BCUT2D eigenvalue weighted by Gasteiger charge is -2.20. The van der Waals surface area contributed by atoms with Crippen molar-refractivity contribution in [1.82, 2.24) is 5.32 Å². The Morgan fingerprint density at radius 2 is 1.79 bits per heavy atom. The highest BCUT2D eigenvalue weighted by atomic mass is 35.5. The molecule has 1 N–H and O–H groups in total. The van der Waals surface area contributed by atoms with E-state index < -0.39 is 0 Å². The second-order valence-corrected chi connectivity index (χ2v) is 4.96. The van der Waals surface area contributed by atoms with Crippen molar-refractivity contribution in [2.45, 2.75) is 13.0 Å². The second kappa shape index (κ2) is 6.09.